The van der Waals surface area contributed by atoms with E-state index in [1.54, 1.807) is 13.8 Å². The average Bonchev–Trinajstić information content (AvgIpc) is 1.63. The van der Waals surface area contributed by atoms with Gasteiger partial charge in [0, 0.05) is 0 Å². The summed E-state index contributed by atoms with van der Waals surface area (Å²) in [5, 5.41) is 6.69. The quantitative estimate of drug-likeness (QED) is 0.573. The van der Waals surface area contributed by atoms with E-state index in [9.17, 15) is 8.78 Å². The fourth-order valence-corrected chi connectivity index (χ4v) is 0.485. The van der Waals surface area contributed by atoms with E-state index >= 15 is 0 Å². The van der Waals surface area contributed by atoms with E-state index in [0.29, 0.717) is 0 Å². The molecule has 1 nitrogen and oxygen atoms in total. The minimum absolute atomic E-state index is 0.138. The standard InChI is InChI=1S/C6H10F2N/c1-4(2)3-5(9)6(7)8/h4,9H,3H2,1-2H3. The van der Waals surface area contributed by atoms with Crippen molar-refractivity contribution in [1.29, 1.82) is 5.41 Å². The molecule has 0 aliphatic carbocycles. The molecule has 0 heterocycles. The van der Waals surface area contributed by atoms with E-state index in [1.807, 2.05) is 0 Å². The highest BCUT2D eigenvalue weighted by molar-refractivity contribution is 5.90. The fraction of sp³-hybridized carbons (Fsp3) is 0.667. The van der Waals surface area contributed by atoms with Gasteiger partial charge in [-0.25, -0.2) is 0 Å². The van der Waals surface area contributed by atoms with Crippen LogP contribution in [0.5, 0.6) is 0 Å². The molecule has 0 aromatic rings. The summed E-state index contributed by atoms with van der Waals surface area (Å²) in [5.74, 6) is 0.138. The average molecular weight is 134 g/mol. The summed E-state index contributed by atoms with van der Waals surface area (Å²) in [6, 6.07) is 0. The first-order valence-corrected chi connectivity index (χ1v) is 2.79. The van der Waals surface area contributed by atoms with Crippen LogP contribution in [0.4, 0.5) is 8.78 Å². The molecule has 3 heteroatoms. The van der Waals surface area contributed by atoms with Crippen molar-refractivity contribution in [3.05, 3.63) is 6.43 Å². The predicted octanol–water partition coefficient (Wildman–Crippen LogP) is 2.48. The van der Waals surface area contributed by atoms with Gasteiger partial charge in [-0.1, -0.05) is 13.8 Å². The highest BCUT2D eigenvalue weighted by atomic mass is 19.3. The van der Waals surface area contributed by atoms with E-state index in [-0.39, 0.29) is 12.3 Å². The lowest BCUT2D eigenvalue weighted by atomic mass is 10.1. The topological polar surface area (TPSA) is 23.9 Å². The van der Waals surface area contributed by atoms with Crippen LogP contribution < -0.4 is 0 Å². The second kappa shape index (κ2) is 3.54. The molecule has 0 aromatic heterocycles. The number of rotatable bonds is 3. The van der Waals surface area contributed by atoms with E-state index < -0.39 is 12.1 Å². The highest BCUT2D eigenvalue weighted by Crippen LogP contribution is 2.11. The first-order chi connectivity index (χ1) is 4.04. The normalized spacial score (nSPS) is 10.9. The molecular formula is C6H10F2N. The van der Waals surface area contributed by atoms with Gasteiger partial charge >= 0.3 is 6.43 Å². The van der Waals surface area contributed by atoms with Gasteiger partial charge in [-0.15, -0.1) is 0 Å². The molecule has 0 atom stereocenters. The van der Waals surface area contributed by atoms with Crippen LogP contribution in [0.15, 0.2) is 0 Å². The Balaban J connectivity index is 3.51. The monoisotopic (exact) mass is 134 g/mol. The van der Waals surface area contributed by atoms with Crippen molar-refractivity contribution in [2.75, 3.05) is 0 Å². The molecular weight excluding hydrogens is 124 g/mol. The van der Waals surface area contributed by atoms with E-state index in [0.717, 1.165) is 0 Å². The van der Waals surface area contributed by atoms with Crippen molar-refractivity contribution < 1.29 is 8.78 Å². The molecule has 0 amide bonds. The zero-order chi connectivity index (χ0) is 7.44. The van der Waals surface area contributed by atoms with E-state index in [2.05, 4.69) is 0 Å². The third-order valence-corrected chi connectivity index (χ3v) is 0.840. The van der Waals surface area contributed by atoms with Gasteiger partial charge in [0.1, 0.15) is 0 Å². The van der Waals surface area contributed by atoms with E-state index in [4.69, 9.17) is 5.41 Å². The molecule has 9 heavy (non-hydrogen) atoms. The van der Waals surface area contributed by atoms with Crippen LogP contribution >= 0.6 is 0 Å². The summed E-state index contributed by atoms with van der Waals surface area (Å²) >= 11 is 0. The zero-order valence-electron chi connectivity index (χ0n) is 5.54. The molecule has 0 spiro atoms. The maximum Gasteiger partial charge on any atom is 0.352 e. The van der Waals surface area contributed by atoms with Gasteiger partial charge in [-0.3, -0.25) is 0 Å². The van der Waals surface area contributed by atoms with Gasteiger partial charge in [0.15, 0.2) is 0 Å². The molecule has 1 N–H and O–H groups in total. The maximum atomic E-state index is 11.5. The molecule has 0 bridgehead atoms. The minimum atomic E-state index is -1.86. The number of halogens is 2. The molecule has 0 aliphatic heterocycles. The lowest BCUT2D eigenvalue weighted by molar-refractivity contribution is 0.345. The van der Waals surface area contributed by atoms with Crippen molar-refractivity contribution in [3.8, 4) is 0 Å². The third kappa shape index (κ3) is 4.06. The summed E-state index contributed by atoms with van der Waals surface area (Å²) in [7, 11) is 0. The fourth-order valence-electron chi connectivity index (χ4n) is 0.485. The van der Waals surface area contributed by atoms with Gasteiger partial charge in [0.05, 0.1) is 5.71 Å². The minimum Gasteiger partial charge on any atom is -0.303 e. The Morgan fingerprint density at radius 2 is 1.89 bits per heavy atom. The molecule has 0 aromatic carbocycles. The molecule has 0 saturated carbocycles. The summed E-state index contributed by atoms with van der Waals surface area (Å²) in [6.45, 7) is 3.61. The zero-order valence-corrected chi connectivity index (χ0v) is 5.54. The SMILES string of the molecule is CC(C)CC(=N)[C](F)F. The molecule has 0 unspecified atom stereocenters. The Morgan fingerprint density at radius 3 is 2.00 bits per heavy atom. The second-order valence-electron chi connectivity index (χ2n) is 2.34. The summed E-state index contributed by atoms with van der Waals surface area (Å²) < 4.78 is 23.0. The molecule has 0 saturated heterocycles. The van der Waals surface area contributed by atoms with Crippen molar-refractivity contribution in [3.63, 3.8) is 0 Å². The third-order valence-electron chi connectivity index (χ3n) is 0.840. The van der Waals surface area contributed by atoms with Crippen LogP contribution in [-0.2, 0) is 0 Å². The van der Waals surface area contributed by atoms with Gasteiger partial charge in [-0.2, -0.15) is 8.78 Å². The van der Waals surface area contributed by atoms with Crippen LogP contribution in [0.1, 0.15) is 20.3 Å². The Kier molecular flexibility index (Phi) is 3.35. The Labute approximate surface area is 53.6 Å². The Hall–Kier alpha value is -0.470. The Morgan fingerprint density at radius 1 is 1.44 bits per heavy atom. The van der Waals surface area contributed by atoms with Crippen molar-refractivity contribution in [2.45, 2.75) is 20.3 Å². The molecule has 0 rings (SSSR count). The first-order valence-electron chi connectivity index (χ1n) is 2.79. The van der Waals surface area contributed by atoms with Crippen LogP contribution in [0, 0.1) is 17.8 Å². The molecule has 0 aliphatic rings. The van der Waals surface area contributed by atoms with Crippen molar-refractivity contribution >= 4 is 5.71 Å². The van der Waals surface area contributed by atoms with Crippen LogP contribution in [0.25, 0.3) is 0 Å². The number of hydrogen-bond acceptors (Lipinski definition) is 1. The largest absolute Gasteiger partial charge is 0.352 e. The second-order valence-corrected chi connectivity index (χ2v) is 2.34. The molecule has 0 fully saturated rings. The first kappa shape index (κ1) is 8.53. The Bertz CT molecular complexity index is 99.2. The van der Waals surface area contributed by atoms with Gasteiger partial charge in [0.2, 0.25) is 0 Å². The number of nitrogens with one attached hydrogen (secondary N) is 1. The molecule has 1 radical (unpaired) electrons. The summed E-state index contributed by atoms with van der Waals surface area (Å²) in [5.41, 5.74) is -0.537. The van der Waals surface area contributed by atoms with Gasteiger partial charge in [0.25, 0.3) is 0 Å². The van der Waals surface area contributed by atoms with Gasteiger partial charge < -0.3 is 5.41 Å². The van der Waals surface area contributed by atoms with Crippen LogP contribution in [0.2, 0.25) is 0 Å². The lowest BCUT2D eigenvalue weighted by Crippen LogP contribution is -2.04. The van der Waals surface area contributed by atoms with E-state index in [1.165, 1.54) is 0 Å². The van der Waals surface area contributed by atoms with Crippen LogP contribution in [0.3, 0.4) is 0 Å². The molecule has 53 valence electrons. The summed E-state index contributed by atoms with van der Waals surface area (Å²) in [4.78, 5) is 0. The number of hydrogen-bond donors (Lipinski definition) is 1. The maximum absolute atomic E-state index is 11.5. The highest BCUT2D eigenvalue weighted by Gasteiger charge is 2.13. The summed E-state index contributed by atoms with van der Waals surface area (Å²) in [6.07, 6.45) is -1.69. The van der Waals surface area contributed by atoms with Crippen molar-refractivity contribution in [2.24, 2.45) is 5.92 Å². The lowest BCUT2D eigenvalue weighted by Gasteiger charge is -2.02. The smallest absolute Gasteiger partial charge is 0.303 e. The van der Waals surface area contributed by atoms with Crippen LogP contribution in [-0.4, -0.2) is 5.71 Å². The van der Waals surface area contributed by atoms with Crippen molar-refractivity contribution in [1.82, 2.24) is 0 Å². The predicted molar refractivity (Wildman–Crippen MR) is 32.6 cm³/mol. The van der Waals surface area contributed by atoms with Gasteiger partial charge in [-0.05, 0) is 12.3 Å².